The van der Waals surface area contributed by atoms with Crippen LogP contribution in [0.1, 0.15) is 41.6 Å². The molecule has 0 saturated carbocycles. The van der Waals surface area contributed by atoms with Gasteiger partial charge < -0.3 is 4.90 Å². The minimum Gasteiger partial charge on any atom is -0.343 e. The number of carbonyl (C=O) groups is 1. The lowest BCUT2D eigenvalue weighted by molar-refractivity contribution is -0.132. The zero-order valence-electron chi connectivity index (χ0n) is 12.2. The second-order valence-corrected chi connectivity index (χ2v) is 6.54. The van der Waals surface area contributed by atoms with E-state index in [1.54, 1.807) is 17.5 Å². The van der Waals surface area contributed by atoms with Gasteiger partial charge >= 0.3 is 0 Å². The Balaban J connectivity index is 1.47. The first-order valence-corrected chi connectivity index (χ1v) is 8.28. The third kappa shape index (κ3) is 3.50. The zero-order valence-corrected chi connectivity index (χ0v) is 13.0. The van der Waals surface area contributed by atoms with Gasteiger partial charge in [-0.15, -0.1) is 11.3 Å². The van der Waals surface area contributed by atoms with E-state index >= 15 is 0 Å². The van der Waals surface area contributed by atoms with E-state index in [0.717, 1.165) is 48.7 Å². The number of piperidine rings is 1. The largest absolute Gasteiger partial charge is 0.343 e. The van der Waals surface area contributed by atoms with E-state index in [1.165, 1.54) is 0 Å². The molecule has 2 aromatic rings. The molecule has 1 amide bonds. The quantitative estimate of drug-likeness (QED) is 0.944. The molecule has 1 saturated heterocycles. The molecule has 21 heavy (non-hydrogen) atoms. The van der Waals surface area contributed by atoms with Crippen LogP contribution >= 0.6 is 11.3 Å². The molecule has 0 aliphatic carbocycles. The van der Waals surface area contributed by atoms with Crippen molar-refractivity contribution in [2.45, 2.75) is 38.5 Å². The van der Waals surface area contributed by atoms with E-state index in [0.29, 0.717) is 12.3 Å². The van der Waals surface area contributed by atoms with Gasteiger partial charge in [-0.3, -0.25) is 9.89 Å². The molecule has 6 heteroatoms. The van der Waals surface area contributed by atoms with Crippen LogP contribution in [0.15, 0.2) is 17.6 Å². The summed E-state index contributed by atoms with van der Waals surface area (Å²) >= 11 is 1.62. The molecule has 3 heterocycles. The number of carbonyl (C=O) groups excluding carboxylic acids is 1. The van der Waals surface area contributed by atoms with Gasteiger partial charge in [-0.05, 0) is 25.8 Å². The predicted octanol–water partition coefficient (Wildman–Crippen LogP) is 2.51. The Morgan fingerprint density at radius 1 is 1.48 bits per heavy atom. The highest BCUT2D eigenvalue weighted by atomic mass is 32.1. The number of rotatable bonds is 4. The van der Waals surface area contributed by atoms with Crippen molar-refractivity contribution in [3.63, 3.8) is 0 Å². The summed E-state index contributed by atoms with van der Waals surface area (Å²) in [5.41, 5.74) is 2.24. The molecular formula is C15H20N4OS. The molecule has 1 aliphatic heterocycles. The van der Waals surface area contributed by atoms with Crippen LogP contribution in [-0.2, 0) is 11.2 Å². The molecule has 5 nitrogen and oxygen atoms in total. The summed E-state index contributed by atoms with van der Waals surface area (Å²) in [4.78, 5) is 18.4. The van der Waals surface area contributed by atoms with Gasteiger partial charge in [0, 0.05) is 49.1 Å². The summed E-state index contributed by atoms with van der Waals surface area (Å²) in [5.74, 6) is 0.736. The first-order valence-electron chi connectivity index (χ1n) is 7.40. The number of hydrogen-bond donors (Lipinski definition) is 1. The molecule has 1 aliphatic rings. The van der Waals surface area contributed by atoms with Crippen molar-refractivity contribution in [2.24, 2.45) is 0 Å². The van der Waals surface area contributed by atoms with Gasteiger partial charge in [0.25, 0.3) is 0 Å². The van der Waals surface area contributed by atoms with Crippen LogP contribution in [0.25, 0.3) is 0 Å². The fraction of sp³-hybridized carbons (Fsp3) is 0.533. The molecule has 0 bridgehead atoms. The van der Waals surface area contributed by atoms with Gasteiger partial charge in [0.1, 0.15) is 0 Å². The molecule has 0 spiro atoms. The molecule has 1 fully saturated rings. The smallest absolute Gasteiger partial charge is 0.222 e. The molecule has 0 aromatic carbocycles. The third-order valence-electron chi connectivity index (χ3n) is 4.03. The van der Waals surface area contributed by atoms with E-state index < -0.39 is 0 Å². The highest BCUT2D eigenvalue weighted by molar-refractivity contribution is 7.09. The van der Waals surface area contributed by atoms with E-state index in [2.05, 4.69) is 21.2 Å². The fourth-order valence-corrected chi connectivity index (χ4v) is 3.44. The second kappa shape index (κ2) is 6.39. The molecule has 0 unspecified atom stereocenters. The van der Waals surface area contributed by atoms with Gasteiger partial charge in [0.15, 0.2) is 0 Å². The number of nitrogens with zero attached hydrogens (tertiary/aromatic N) is 3. The Hall–Kier alpha value is -1.69. The van der Waals surface area contributed by atoms with Gasteiger partial charge in [-0.1, -0.05) is 0 Å². The average molecular weight is 304 g/mol. The lowest BCUT2D eigenvalue weighted by Gasteiger charge is -2.31. The van der Waals surface area contributed by atoms with Gasteiger partial charge in [-0.25, -0.2) is 4.98 Å². The van der Waals surface area contributed by atoms with Crippen LogP contribution in [0.3, 0.4) is 0 Å². The molecule has 0 radical (unpaired) electrons. The Morgan fingerprint density at radius 2 is 2.29 bits per heavy atom. The number of nitrogens with one attached hydrogen (secondary N) is 1. The van der Waals surface area contributed by atoms with E-state index in [4.69, 9.17) is 0 Å². The minimum absolute atomic E-state index is 0.252. The van der Waals surface area contributed by atoms with Crippen LogP contribution in [0.5, 0.6) is 0 Å². The number of aromatic nitrogens is 3. The number of aromatic amines is 1. The van der Waals surface area contributed by atoms with Gasteiger partial charge in [0.2, 0.25) is 5.91 Å². The minimum atomic E-state index is 0.252. The standard InChI is InChI=1S/C15H20N4OS/c1-11-10-13(18-17-11)12-4-7-19(8-5-12)15(20)3-2-14-16-6-9-21-14/h6,9-10,12H,2-5,7-8H2,1H3,(H,17,18). The molecule has 3 rings (SSSR count). The van der Waals surface area contributed by atoms with Crippen LogP contribution in [0.2, 0.25) is 0 Å². The summed E-state index contributed by atoms with van der Waals surface area (Å²) in [5, 5.41) is 10.3. The summed E-state index contributed by atoms with van der Waals surface area (Å²) in [7, 11) is 0. The molecule has 112 valence electrons. The number of likely N-dealkylation sites (tertiary alicyclic amines) is 1. The third-order valence-corrected chi connectivity index (χ3v) is 4.87. The summed E-state index contributed by atoms with van der Waals surface area (Å²) < 4.78 is 0. The van der Waals surface area contributed by atoms with Crippen LogP contribution in [-0.4, -0.2) is 39.1 Å². The first-order chi connectivity index (χ1) is 10.2. The molecule has 1 N–H and O–H groups in total. The van der Waals surface area contributed by atoms with Crippen LogP contribution in [0, 0.1) is 6.92 Å². The predicted molar refractivity (Wildman–Crippen MR) is 82.3 cm³/mol. The second-order valence-electron chi connectivity index (χ2n) is 5.56. The van der Waals surface area contributed by atoms with Crippen LogP contribution < -0.4 is 0 Å². The van der Waals surface area contributed by atoms with Crippen LogP contribution in [0.4, 0.5) is 0 Å². The number of thiazole rings is 1. The lowest BCUT2D eigenvalue weighted by atomic mass is 9.93. The Labute approximate surface area is 128 Å². The van der Waals surface area contributed by atoms with E-state index in [9.17, 15) is 4.79 Å². The Bertz CT molecular complexity index is 585. The highest BCUT2D eigenvalue weighted by Crippen LogP contribution is 2.27. The number of aryl methyl sites for hydroxylation is 2. The van der Waals surface area contributed by atoms with E-state index in [-0.39, 0.29) is 5.91 Å². The molecule has 2 aromatic heterocycles. The number of H-pyrrole nitrogens is 1. The maximum absolute atomic E-state index is 12.2. The zero-order chi connectivity index (χ0) is 14.7. The van der Waals surface area contributed by atoms with Crippen molar-refractivity contribution in [1.29, 1.82) is 0 Å². The average Bonchev–Trinajstić information content (AvgIpc) is 3.16. The lowest BCUT2D eigenvalue weighted by Crippen LogP contribution is -2.38. The van der Waals surface area contributed by atoms with Crippen molar-refractivity contribution in [1.82, 2.24) is 20.1 Å². The van der Waals surface area contributed by atoms with Crippen molar-refractivity contribution < 1.29 is 4.79 Å². The van der Waals surface area contributed by atoms with Gasteiger partial charge in [-0.2, -0.15) is 5.10 Å². The van der Waals surface area contributed by atoms with Crippen molar-refractivity contribution in [2.75, 3.05) is 13.1 Å². The van der Waals surface area contributed by atoms with Gasteiger partial charge in [0.05, 0.1) is 10.7 Å². The van der Waals surface area contributed by atoms with Crippen molar-refractivity contribution >= 4 is 17.2 Å². The SMILES string of the molecule is Cc1cc(C2CCN(C(=O)CCc3nccs3)CC2)n[nH]1. The number of amides is 1. The first kappa shape index (κ1) is 14.3. The van der Waals surface area contributed by atoms with E-state index in [1.807, 2.05) is 17.2 Å². The monoisotopic (exact) mass is 304 g/mol. The number of hydrogen-bond acceptors (Lipinski definition) is 4. The molecule has 0 atom stereocenters. The maximum Gasteiger partial charge on any atom is 0.222 e. The molecular weight excluding hydrogens is 284 g/mol. The summed E-state index contributed by atoms with van der Waals surface area (Å²) in [6.07, 6.45) is 5.14. The summed E-state index contributed by atoms with van der Waals surface area (Å²) in [6, 6.07) is 2.12. The van der Waals surface area contributed by atoms with Crippen molar-refractivity contribution in [3.8, 4) is 0 Å². The summed E-state index contributed by atoms with van der Waals surface area (Å²) in [6.45, 7) is 3.70. The highest BCUT2D eigenvalue weighted by Gasteiger charge is 2.24. The fourth-order valence-electron chi connectivity index (χ4n) is 2.82. The Morgan fingerprint density at radius 3 is 2.90 bits per heavy atom. The maximum atomic E-state index is 12.2. The Kier molecular flexibility index (Phi) is 4.34. The topological polar surface area (TPSA) is 61.9 Å². The normalized spacial score (nSPS) is 16.3. The van der Waals surface area contributed by atoms with Crippen molar-refractivity contribution in [3.05, 3.63) is 34.0 Å².